The second-order valence-corrected chi connectivity index (χ2v) is 4.61. The predicted octanol–water partition coefficient (Wildman–Crippen LogP) is 0.964. The van der Waals surface area contributed by atoms with Crippen LogP contribution in [-0.2, 0) is 6.54 Å². The fraction of sp³-hybridized carbons (Fsp3) is 0.462. The number of halogens is 1. The summed E-state index contributed by atoms with van der Waals surface area (Å²) in [7, 11) is 3.99. The Morgan fingerprint density at radius 1 is 1.50 bits per heavy atom. The van der Waals surface area contributed by atoms with Crippen LogP contribution >= 0.6 is 0 Å². The summed E-state index contributed by atoms with van der Waals surface area (Å²) in [6.07, 6.45) is 0. The molecule has 1 amide bonds. The quantitative estimate of drug-likeness (QED) is 0.794. The number of rotatable bonds is 6. The highest BCUT2D eigenvalue weighted by Crippen LogP contribution is 2.10. The number of nitrogens with two attached hydrogens (primary N) is 1. The third-order valence-corrected chi connectivity index (χ3v) is 2.97. The minimum absolute atomic E-state index is 0.193. The largest absolute Gasteiger partial charge is 0.366 e. The molecule has 0 saturated heterocycles. The molecule has 0 heterocycles. The van der Waals surface area contributed by atoms with Crippen LogP contribution in [0.3, 0.4) is 0 Å². The van der Waals surface area contributed by atoms with E-state index in [9.17, 15) is 9.18 Å². The van der Waals surface area contributed by atoms with Crippen molar-refractivity contribution < 1.29 is 9.18 Å². The normalized spacial score (nSPS) is 12.7. The lowest BCUT2D eigenvalue weighted by Crippen LogP contribution is -2.35. The third-order valence-electron chi connectivity index (χ3n) is 2.97. The average Bonchev–Trinajstić information content (AvgIpc) is 2.30. The van der Waals surface area contributed by atoms with Crippen LogP contribution in [-0.4, -0.2) is 37.5 Å². The molecule has 0 radical (unpaired) electrons. The number of hydrogen-bond donors (Lipinski definition) is 2. The van der Waals surface area contributed by atoms with Gasteiger partial charge in [0.1, 0.15) is 5.82 Å². The highest BCUT2D eigenvalue weighted by atomic mass is 19.1. The molecule has 1 atom stereocenters. The van der Waals surface area contributed by atoms with Gasteiger partial charge in [-0.25, -0.2) is 4.39 Å². The van der Waals surface area contributed by atoms with E-state index in [2.05, 4.69) is 17.1 Å². The molecule has 1 aromatic rings. The Bertz CT molecular complexity index is 421. The molecule has 18 heavy (non-hydrogen) atoms. The predicted molar refractivity (Wildman–Crippen MR) is 69.8 cm³/mol. The summed E-state index contributed by atoms with van der Waals surface area (Å²) >= 11 is 0. The smallest absolute Gasteiger partial charge is 0.248 e. The highest BCUT2D eigenvalue weighted by molar-refractivity contribution is 5.92. The molecule has 0 fully saturated rings. The van der Waals surface area contributed by atoms with Crippen molar-refractivity contribution in [1.82, 2.24) is 10.2 Å². The second-order valence-electron chi connectivity index (χ2n) is 4.61. The third kappa shape index (κ3) is 4.09. The summed E-state index contributed by atoms with van der Waals surface area (Å²) in [4.78, 5) is 13.0. The number of likely N-dealkylation sites (N-methyl/N-ethyl adjacent to an activating group) is 1. The van der Waals surface area contributed by atoms with Gasteiger partial charge in [-0.3, -0.25) is 4.79 Å². The first-order valence-corrected chi connectivity index (χ1v) is 5.87. The Morgan fingerprint density at radius 2 is 2.17 bits per heavy atom. The molecule has 0 aromatic heterocycles. The number of amides is 1. The van der Waals surface area contributed by atoms with Gasteiger partial charge in [-0.05, 0) is 33.2 Å². The summed E-state index contributed by atoms with van der Waals surface area (Å²) in [5.74, 6) is -1.02. The highest BCUT2D eigenvalue weighted by Gasteiger charge is 2.08. The molecule has 4 nitrogen and oxygen atoms in total. The second kappa shape index (κ2) is 6.47. The first-order chi connectivity index (χ1) is 8.41. The van der Waals surface area contributed by atoms with Crippen LogP contribution < -0.4 is 11.1 Å². The van der Waals surface area contributed by atoms with Gasteiger partial charge in [0.15, 0.2) is 0 Å². The number of nitrogens with one attached hydrogen (secondary N) is 1. The Hall–Kier alpha value is -1.46. The van der Waals surface area contributed by atoms with Crippen LogP contribution in [0.4, 0.5) is 4.39 Å². The van der Waals surface area contributed by atoms with Crippen LogP contribution in [0.15, 0.2) is 18.2 Å². The maximum Gasteiger partial charge on any atom is 0.248 e. The van der Waals surface area contributed by atoms with E-state index in [1.54, 1.807) is 6.07 Å². The van der Waals surface area contributed by atoms with E-state index in [0.717, 1.165) is 6.54 Å². The first kappa shape index (κ1) is 14.6. The van der Waals surface area contributed by atoms with Crippen molar-refractivity contribution in [3.05, 3.63) is 35.1 Å². The van der Waals surface area contributed by atoms with Crippen molar-refractivity contribution >= 4 is 5.91 Å². The Labute approximate surface area is 107 Å². The number of primary amides is 1. The number of nitrogens with zero attached hydrogens (tertiary/aromatic N) is 1. The summed E-state index contributed by atoms with van der Waals surface area (Å²) in [5.41, 5.74) is 5.80. The van der Waals surface area contributed by atoms with E-state index in [4.69, 9.17) is 5.73 Å². The molecule has 100 valence electrons. The van der Waals surface area contributed by atoms with Crippen LogP contribution in [0.25, 0.3) is 0 Å². The van der Waals surface area contributed by atoms with Crippen molar-refractivity contribution in [2.75, 3.05) is 20.6 Å². The number of benzene rings is 1. The lowest BCUT2D eigenvalue weighted by atomic mass is 10.1. The van der Waals surface area contributed by atoms with Gasteiger partial charge in [-0.1, -0.05) is 6.07 Å². The van der Waals surface area contributed by atoms with E-state index < -0.39 is 11.7 Å². The fourth-order valence-electron chi connectivity index (χ4n) is 1.44. The van der Waals surface area contributed by atoms with Crippen LogP contribution in [0, 0.1) is 5.82 Å². The van der Waals surface area contributed by atoms with Gasteiger partial charge < -0.3 is 16.0 Å². The molecule has 0 bridgehead atoms. The summed E-state index contributed by atoms with van der Waals surface area (Å²) in [6.45, 7) is 3.28. The van der Waals surface area contributed by atoms with Crippen molar-refractivity contribution in [2.45, 2.75) is 19.5 Å². The average molecular weight is 253 g/mol. The van der Waals surface area contributed by atoms with Gasteiger partial charge in [0.05, 0.1) is 0 Å². The molecule has 0 aliphatic carbocycles. The fourth-order valence-corrected chi connectivity index (χ4v) is 1.44. The van der Waals surface area contributed by atoms with E-state index in [1.807, 2.05) is 14.1 Å². The Morgan fingerprint density at radius 3 is 2.67 bits per heavy atom. The summed E-state index contributed by atoms with van der Waals surface area (Å²) in [5, 5.41) is 3.17. The van der Waals surface area contributed by atoms with E-state index >= 15 is 0 Å². The zero-order valence-electron chi connectivity index (χ0n) is 11.0. The molecule has 0 spiro atoms. The van der Waals surface area contributed by atoms with Crippen molar-refractivity contribution in [2.24, 2.45) is 5.73 Å². The Balaban J connectivity index is 2.56. The monoisotopic (exact) mass is 253 g/mol. The maximum atomic E-state index is 13.6. The molecular weight excluding hydrogens is 233 g/mol. The van der Waals surface area contributed by atoms with Crippen molar-refractivity contribution in [3.8, 4) is 0 Å². The molecule has 3 N–H and O–H groups in total. The lowest BCUT2D eigenvalue weighted by Gasteiger charge is -2.20. The van der Waals surface area contributed by atoms with Gasteiger partial charge in [0.25, 0.3) is 0 Å². The van der Waals surface area contributed by atoms with Gasteiger partial charge in [0.2, 0.25) is 5.91 Å². The lowest BCUT2D eigenvalue weighted by molar-refractivity contribution is 0.1000. The number of hydrogen-bond acceptors (Lipinski definition) is 3. The van der Waals surface area contributed by atoms with Crippen LogP contribution in [0.1, 0.15) is 22.8 Å². The molecule has 0 aliphatic heterocycles. The van der Waals surface area contributed by atoms with E-state index in [1.165, 1.54) is 12.1 Å². The van der Waals surface area contributed by atoms with Crippen LogP contribution in [0.2, 0.25) is 0 Å². The van der Waals surface area contributed by atoms with Crippen molar-refractivity contribution in [3.63, 3.8) is 0 Å². The number of carbonyl (C=O) groups is 1. The summed E-state index contributed by atoms with van der Waals surface area (Å²) in [6, 6.07) is 4.67. The molecule has 1 unspecified atom stereocenters. The molecule has 0 saturated carbocycles. The standard InChI is InChI=1S/C13H20FN3O/c1-9(17(2)3)7-16-8-11-5-4-10(13(15)18)6-12(11)14/h4-6,9,16H,7-8H2,1-3H3,(H2,15,18). The topological polar surface area (TPSA) is 58.4 Å². The zero-order chi connectivity index (χ0) is 13.7. The molecule has 5 heteroatoms. The molecule has 1 rings (SSSR count). The minimum atomic E-state index is -0.616. The van der Waals surface area contributed by atoms with Gasteiger partial charge in [-0.15, -0.1) is 0 Å². The molecule has 1 aromatic carbocycles. The summed E-state index contributed by atoms with van der Waals surface area (Å²) < 4.78 is 13.6. The molecular formula is C13H20FN3O. The minimum Gasteiger partial charge on any atom is -0.366 e. The van der Waals surface area contributed by atoms with Gasteiger partial charge in [0, 0.05) is 30.3 Å². The van der Waals surface area contributed by atoms with E-state index in [-0.39, 0.29) is 5.56 Å². The number of carbonyl (C=O) groups excluding carboxylic acids is 1. The maximum absolute atomic E-state index is 13.6. The first-order valence-electron chi connectivity index (χ1n) is 5.87. The van der Waals surface area contributed by atoms with Crippen LogP contribution in [0.5, 0.6) is 0 Å². The molecule has 0 aliphatic rings. The van der Waals surface area contributed by atoms with Gasteiger partial charge >= 0.3 is 0 Å². The SMILES string of the molecule is CC(CNCc1ccc(C(N)=O)cc1F)N(C)C. The Kier molecular flexibility index (Phi) is 5.25. The van der Waals surface area contributed by atoms with Crippen molar-refractivity contribution in [1.29, 1.82) is 0 Å². The van der Waals surface area contributed by atoms with Gasteiger partial charge in [-0.2, -0.15) is 0 Å². The van der Waals surface area contributed by atoms with E-state index in [0.29, 0.717) is 18.2 Å². The zero-order valence-corrected chi connectivity index (χ0v) is 11.0.